The molecule has 37 heavy (non-hydrogen) atoms. The number of amidine groups is 1. The standard InChI is InChI=1S/C24H26ClFN4O5S2/c1-2-35-24(33)20-18(10-30-6-7-34-11-15(30)12-36-13-19(31)32)28-22(23-27-5-8-37-23)29-21(20)16-4-3-14(26)9-17(16)25/h3-5,8-9,15,21H,2,6-7,10-13H2,1H3,(H,28,29)(H,31,32)/t15?,21-/m0/s1. The van der Waals surface area contributed by atoms with Crippen molar-refractivity contribution in [1.29, 1.82) is 0 Å². The van der Waals surface area contributed by atoms with Crippen molar-refractivity contribution in [1.82, 2.24) is 15.2 Å². The fourth-order valence-corrected chi connectivity index (χ4v) is 5.83. The SMILES string of the molecule is CCOC(=O)C1=C(CN2CCOCC2CSCC(=O)O)NC(c2nccs2)=N[C@H]1c1ccc(F)cc1Cl. The van der Waals surface area contributed by atoms with Gasteiger partial charge in [0.2, 0.25) is 0 Å². The smallest absolute Gasteiger partial charge is 0.338 e. The predicted molar refractivity (Wildman–Crippen MR) is 141 cm³/mol. The van der Waals surface area contributed by atoms with Crippen LogP contribution in [0.2, 0.25) is 5.02 Å². The molecule has 2 aliphatic rings. The van der Waals surface area contributed by atoms with E-state index in [-0.39, 0.29) is 29.0 Å². The van der Waals surface area contributed by atoms with Crippen LogP contribution in [0.5, 0.6) is 0 Å². The number of carbonyl (C=O) groups excluding carboxylic acids is 1. The molecule has 9 nitrogen and oxygen atoms in total. The van der Waals surface area contributed by atoms with Crippen LogP contribution in [0.15, 0.2) is 46.0 Å². The number of ether oxygens (including phenoxy) is 2. The first-order valence-corrected chi connectivity index (χ1v) is 14.0. The molecule has 0 saturated carbocycles. The van der Waals surface area contributed by atoms with Gasteiger partial charge in [-0.3, -0.25) is 14.7 Å². The van der Waals surface area contributed by atoms with Gasteiger partial charge in [-0.2, -0.15) is 0 Å². The maximum absolute atomic E-state index is 13.9. The lowest BCUT2D eigenvalue weighted by Gasteiger charge is -2.37. The Morgan fingerprint density at radius 3 is 2.97 bits per heavy atom. The minimum Gasteiger partial charge on any atom is -0.481 e. The van der Waals surface area contributed by atoms with Crippen LogP contribution >= 0.6 is 34.7 Å². The number of rotatable bonds is 10. The van der Waals surface area contributed by atoms with Gasteiger partial charge < -0.3 is 19.9 Å². The van der Waals surface area contributed by atoms with Crippen molar-refractivity contribution >= 4 is 52.5 Å². The molecule has 1 saturated heterocycles. The van der Waals surface area contributed by atoms with Crippen molar-refractivity contribution in [2.24, 2.45) is 4.99 Å². The molecule has 0 radical (unpaired) electrons. The van der Waals surface area contributed by atoms with Crippen molar-refractivity contribution in [3.8, 4) is 0 Å². The molecule has 1 unspecified atom stereocenters. The Bertz CT molecular complexity index is 1190. The van der Waals surface area contributed by atoms with E-state index < -0.39 is 23.8 Å². The number of nitrogens with one attached hydrogen (secondary N) is 1. The number of thiazole rings is 1. The lowest BCUT2D eigenvalue weighted by Crippen LogP contribution is -2.50. The first-order chi connectivity index (χ1) is 17.9. The van der Waals surface area contributed by atoms with Gasteiger partial charge in [0.05, 0.1) is 31.1 Å². The number of benzene rings is 1. The Hall–Kier alpha value is -2.51. The quantitative estimate of drug-likeness (QED) is 0.416. The molecule has 0 spiro atoms. The van der Waals surface area contributed by atoms with Crippen LogP contribution in [-0.2, 0) is 19.1 Å². The highest BCUT2D eigenvalue weighted by atomic mass is 35.5. The Balaban J connectivity index is 1.74. The summed E-state index contributed by atoms with van der Waals surface area (Å²) in [6.07, 6.45) is 1.66. The van der Waals surface area contributed by atoms with Gasteiger partial charge in [0, 0.05) is 52.7 Å². The largest absolute Gasteiger partial charge is 0.481 e. The average Bonchev–Trinajstić information content (AvgIpc) is 3.40. The summed E-state index contributed by atoms with van der Waals surface area (Å²) in [6.45, 7) is 3.74. The number of aliphatic carboxylic acids is 1. The minimum absolute atomic E-state index is 0.00858. The number of carbonyl (C=O) groups is 2. The van der Waals surface area contributed by atoms with Crippen molar-refractivity contribution in [3.63, 3.8) is 0 Å². The van der Waals surface area contributed by atoms with Gasteiger partial charge >= 0.3 is 11.9 Å². The molecule has 0 aliphatic carbocycles. The van der Waals surface area contributed by atoms with Crippen molar-refractivity contribution in [3.05, 3.63) is 62.5 Å². The molecule has 2 aromatic rings. The van der Waals surface area contributed by atoms with Crippen LogP contribution in [-0.4, -0.2) is 83.2 Å². The van der Waals surface area contributed by atoms with E-state index in [4.69, 9.17) is 31.2 Å². The van der Waals surface area contributed by atoms with Crippen molar-refractivity contribution < 1.29 is 28.6 Å². The zero-order valence-corrected chi connectivity index (χ0v) is 22.4. The topological polar surface area (TPSA) is 113 Å². The van der Waals surface area contributed by atoms with E-state index in [9.17, 15) is 14.0 Å². The summed E-state index contributed by atoms with van der Waals surface area (Å²) in [5, 5.41) is 14.9. The van der Waals surface area contributed by atoms with E-state index in [1.54, 1.807) is 13.1 Å². The third-order valence-electron chi connectivity index (χ3n) is 5.76. The Kier molecular flexibility index (Phi) is 9.54. The summed E-state index contributed by atoms with van der Waals surface area (Å²) in [5.74, 6) is -0.919. The Morgan fingerprint density at radius 2 is 2.27 bits per heavy atom. The maximum atomic E-state index is 13.9. The van der Waals surface area contributed by atoms with Crippen LogP contribution in [0.4, 0.5) is 4.39 Å². The second kappa shape index (κ2) is 12.8. The lowest BCUT2D eigenvalue weighted by molar-refractivity contribution is -0.139. The first-order valence-electron chi connectivity index (χ1n) is 11.6. The van der Waals surface area contributed by atoms with Crippen LogP contribution in [0.3, 0.4) is 0 Å². The highest BCUT2D eigenvalue weighted by Crippen LogP contribution is 2.37. The molecule has 2 N–H and O–H groups in total. The van der Waals surface area contributed by atoms with Crippen LogP contribution in [0.25, 0.3) is 0 Å². The zero-order valence-electron chi connectivity index (χ0n) is 20.0. The molecule has 198 valence electrons. The number of esters is 1. The van der Waals surface area contributed by atoms with E-state index in [1.165, 1.54) is 41.3 Å². The van der Waals surface area contributed by atoms with E-state index in [0.29, 0.717) is 54.2 Å². The molecule has 0 bridgehead atoms. The number of thioether (sulfide) groups is 1. The Morgan fingerprint density at radius 1 is 1.43 bits per heavy atom. The number of morpholine rings is 1. The Labute approximate surface area is 226 Å². The van der Waals surface area contributed by atoms with Gasteiger partial charge in [0.1, 0.15) is 11.9 Å². The van der Waals surface area contributed by atoms with Crippen molar-refractivity contribution in [2.75, 3.05) is 44.4 Å². The summed E-state index contributed by atoms with van der Waals surface area (Å²) >= 11 is 9.13. The zero-order chi connectivity index (χ0) is 26.4. The van der Waals surface area contributed by atoms with E-state index in [2.05, 4.69) is 15.2 Å². The number of carboxylic acids is 1. The second-order valence-corrected chi connectivity index (χ2v) is 10.6. The predicted octanol–water partition coefficient (Wildman–Crippen LogP) is 3.36. The van der Waals surface area contributed by atoms with Crippen LogP contribution in [0.1, 0.15) is 23.5 Å². The summed E-state index contributed by atoms with van der Waals surface area (Å²) in [7, 11) is 0. The highest BCUT2D eigenvalue weighted by molar-refractivity contribution is 7.99. The first kappa shape index (κ1) is 27.5. The molecule has 13 heteroatoms. The fourth-order valence-electron chi connectivity index (χ4n) is 4.10. The number of halogens is 2. The van der Waals surface area contributed by atoms with Gasteiger partial charge in [-0.1, -0.05) is 17.7 Å². The van der Waals surface area contributed by atoms with Crippen LogP contribution in [0, 0.1) is 5.82 Å². The number of carboxylic acid groups (broad SMARTS) is 1. The summed E-state index contributed by atoms with van der Waals surface area (Å²) < 4.78 is 24.9. The maximum Gasteiger partial charge on any atom is 0.338 e. The minimum atomic E-state index is -0.877. The van der Waals surface area contributed by atoms with Gasteiger partial charge in [-0.25, -0.2) is 14.2 Å². The molecular formula is C24H26ClFN4O5S2. The van der Waals surface area contributed by atoms with Crippen LogP contribution < -0.4 is 5.32 Å². The second-order valence-electron chi connectivity index (χ2n) is 8.23. The molecule has 2 aliphatic heterocycles. The van der Waals surface area contributed by atoms with E-state index in [0.717, 1.165) is 0 Å². The number of aliphatic imine (C=N–C) groups is 1. The van der Waals surface area contributed by atoms with E-state index in [1.807, 2.05) is 5.38 Å². The monoisotopic (exact) mass is 568 g/mol. The molecule has 1 aromatic carbocycles. The third kappa shape index (κ3) is 6.88. The lowest BCUT2D eigenvalue weighted by atomic mass is 9.95. The average molecular weight is 569 g/mol. The molecule has 0 amide bonds. The molecule has 1 aromatic heterocycles. The summed E-state index contributed by atoms with van der Waals surface area (Å²) in [6, 6.07) is 3.08. The number of hydrogen-bond donors (Lipinski definition) is 2. The van der Waals surface area contributed by atoms with Gasteiger partial charge in [-0.05, 0) is 19.1 Å². The van der Waals surface area contributed by atoms with E-state index >= 15 is 0 Å². The van der Waals surface area contributed by atoms with Gasteiger partial charge in [-0.15, -0.1) is 23.1 Å². The fraction of sp³-hybridized carbons (Fsp3) is 0.417. The number of aromatic nitrogens is 1. The van der Waals surface area contributed by atoms with Gasteiger partial charge in [0.15, 0.2) is 10.8 Å². The number of hydrogen-bond acceptors (Lipinski definition) is 10. The molecule has 1 fully saturated rings. The highest BCUT2D eigenvalue weighted by Gasteiger charge is 2.36. The molecule has 4 rings (SSSR count). The van der Waals surface area contributed by atoms with Crippen molar-refractivity contribution in [2.45, 2.75) is 19.0 Å². The summed E-state index contributed by atoms with van der Waals surface area (Å²) in [5.41, 5.74) is 1.31. The summed E-state index contributed by atoms with van der Waals surface area (Å²) in [4.78, 5) is 35.6. The molecular weight excluding hydrogens is 543 g/mol. The third-order valence-corrected chi connectivity index (χ3v) is 7.94. The number of nitrogens with zero attached hydrogens (tertiary/aromatic N) is 3. The molecule has 2 atom stereocenters. The van der Waals surface area contributed by atoms with Gasteiger partial charge in [0.25, 0.3) is 0 Å². The molecule has 3 heterocycles. The normalized spacial score (nSPS) is 20.4.